The number of piperidine rings is 1. The SMILES string of the molecule is Cc1ccccc1NC(=O)[C@@H]1CCCN(S(=O)(=O)N(C)C)C1. The van der Waals surface area contributed by atoms with Gasteiger partial charge in [-0.3, -0.25) is 4.79 Å². The quantitative estimate of drug-likeness (QED) is 0.911. The van der Waals surface area contributed by atoms with Crippen LogP contribution >= 0.6 is 0 Å². The van der Waals surface area contributed by atoms with Crippen molar-refractivity contribution in [1.29, 1.82) is 0 Å². The molecule has 122 valence electrons. The van der Waals surface area contributed by atoms with E-state index in [0.29, 0.717) is 19.4 Å². The predicted octanol–water partition coefficient (Wildman–Crippen LogP) is 1.45. The molecule has 1 aliphatic heterocycles. The van der Waals surface area contributed by atoms with E-state index in [1.807, 2.05) is 31.2 Å². The largest absolute Gasteiger partial charge is 0.326 e. The van der Waals surface area contributed by atoms with Gasteiger partial charge in [-0.1, -0.05) is 18.2 Å². The molecular weight excluding hydrogens is 302 g/mol. The maximum absolute atomic E-state index is 12.4. The molecule has 0 unspecified atom stereocenters. The molecule has 0 spiro atoms. The molecule has 1 heterocycles. The number of nitrogens with zero attached hydrogens (tertiary/aromatic N) is 2. The first-order valence-corrected chi connectivity index (χ1v) is 8.76. The van der Waals surface area contributed by atoms with Crippen molar-refractivity contribution in [3.05, 3.63) is 29.8 Å². The van der Waals surface area contributed by atoms with Crippen molar-refractivity contribution >= 4 is 21.8 Å². The van der Waals surface area contributed by atoms with Gasteiger partial charge >= 0.3 is 0 Å². The Morgan fingerprint density at radius 2 is 2.00 bits per heavy atom. The summed E-state index contributed by atoms with van der Waals surface area (Å²) in [5.74, 6) is -0.434. The summed E-state index contributed by atoms with van der Waals surface area (Å²) in [4.78, 5) is 12.4. The highest BCUT2D eigenvalue weighted by Gasteiger charge is 2.33. The predicted molar refractivity (Wildman–Crippen MR) is 86.7 cm³/mol. The first-order valence-electron chi connectivity index (χ1n) is 7.36. The summed E-state index contributed by atoms with van der Waals surface area (Å²) in [7, 11) is -0.448. The van der Waals surface area contributed by atoms with Crippen LogP contribution in [0.4, 0.5) is 5.69 Å². The van der Waals surface area contributed by atoms with Crippen molar-refractivity contribution in [2.24, 2.45) is 5.92 Å². The van der Waals surface area contributed by atoms with Gasteiger partial charge in [0.15, 0.2) is 0 Å². The lowest BCUT2D eigenvalue weighted by Gasteiger charge is -2.32. The summed E-state index contributed by atoms with van der Waals surface area (Å²) in [5, 5.41) is 2.91. The summed E-state index contributed by atoms with van der Waals surface area (Å²) < 4.78 is 26.9. The van der Waals surface area contributed by atoms with E-state index in [9.17, 15) is 13.2 Å². The first-order chi connectivity index (χ1) is 10.3. The monoisotopic (exact) mass is 325 g/mol. The molecule has 1 amide bonds. The van der Waals surface area contributed by atoms with Crippen LogP contribution in [0.25, 0.3) is 0 Å². The Kier molecular flexibility index (Phi) is 5.20. The van der Waals surface area contributed by atoms with Gasteiger partial charge < -0.3 is 5.32 Å². The van der Waals surface area contributed by atoms with Crippen molar-refractivity contribution in [1.82, 2.24) is 8.61 Å². The molecular formula is C15H23N3O3S. The molecule has 1 atom stereocenters. The molecule has 2 rings (SSSR count). The number of rotatable bonds is 4. The van der Waals surface area contributed by atoms with E-state index in [-0.39, 0.29) is 18.4 Å². The second-order valence-corrected chi connectivity index (χ2v) is 7.93. The minimum absolute atomic E-state index is 0.118. The number of nitrogens with one attached hydrogen (secondary N) is 1. The van der Waals surface area contributed by atoms with Crippen molar-refractivity contribution in [2.45, 2.75) is 19.8 Å². The van der Waals surface area contributed by atoms with Crippen LogP contribution in [0.5, 0.6) is 0 Å². The van der Waals surface area contributed by atoms with E-state index >= 15 is 0 Å². The highest BCUT2D eigenvalue weighted by Crippen LogP contribution is 2.22. The van der Waals surface area contributed by atoms with Crippen LogP contribution in [0.2, 0.25) is 0 Å². The molecule has 1 fully saturated rings. The van der Waals surface area contributed by atoms with E-state index in [0.717, 1.165) is 11.3 Å². The Balaban J connectivity index is 2.06. The van der Waals surface area contributed by atoms with Gasteiger partial charge in [0, 0.05) is 32.9 Å². The zero-order valence-electron chi connectivity index (χ0n) is 13.2. The Bertz CT molecular complexity index is 643. The number of carbonyl (C=O) groups is 1. The van der Waals surface area contributed by atoms with Crippen molar-refractivity contribution in [3.8, 4) is 0 Å². The van der Waals surface area contributed by atoms with Crippen molar-refractivity contribution in [2.75, 3.05) is 32.5 Å². The second kappa shape index (κ2) is 6.76. The van der Waals surface area contributed by atoms with Gasteiger partial charge in [-0.25, -0.2) is 0 Å². The Hall–Kier alpha value is -1.44. The van der Waals surface area contributed by atoms with Gasteiger partial charge in [0.1, 0.15) is 0 Å². The third-order valence-electron chi connectivity index (χ3n) is 3.95. The van der Waals surface area contributed by atoms with Gasteiger partial charge in [-0.05, 0) is 31.4 Å². The number of hydrogen-bond acceptors (Lipinski definition) is 3. The topological polar surface area (TPSA) is 69.7 Å². The number of benzene rings is 1. The van der Waals surface area contributed by atoms with E-state index in [1.165, 1.54) is 22.7 Å². The average Bonchev–Trinajstić information content (AvgIpc) is 2.49. The van der Waals surface area contributed by atoms with Crippen LogP contribution in [0, 0.1) is 12.8 Å². The highest BCUT2D eigenvalue weighted by molar-refractivity contribution is 7.86. The van der Waals surface area contributed by atoms with Crippen molar-refractivity contribution in [3.63, 3.8) is 0 Å². The lowest BCUT2D eigenvalue weighted by atomic mass is 9.98. The van der Waals surface area contributed by atoms with Crippen LogP contribution in [0.1, 0.15) is 18.4 Å². The van der Waals surface area contributed by atoms with Crippen LogP contribution in [-0.2, 0) is 15.0 Å². The maximum Gasteiger partial charge on any atom is 0.281 e. The molecule has 0 radical (unpaired) electrons. The standard InChI is InChI=1S/C15H23N3O3S/c1-12-7-4-5-9-14(12)16-15(19)13-8-6-10-18(11-13)22(20,21)17(2)3/h4-5,7,9,13H,6,8,10-11H2,1-3H3,(H,16,19)/t13-/m1/s1. The third-order valence-corrected chi connectivity index (χ3v) is 5.85. The number of hydrogen-bond donors (Lipinski definition) is 1. The van der Waals surface area contributed by atoms with E-state index < -0.39 is 10.2 Å². The summed E-state index contributed by atoms with van der Waals surface area (Å²) in [6.45, 7) is 2.63. The molecule has 1 aliphatic rings. The average molecular weight is 325 g/mol. The normalized spacial score (nSPS) is 20.1. The van der Waals surface area contributed by atoms with Gasteiger partial charge in [0.05, 0.1) is 5.92 Å². The summed E-state index contributed by atoms with van der Waals surface area (Å²) in [6, 6.07) is 7.56. The fourth-order valence-corrected chi connectivity index (χ4v) is 3.73. The van der Waals surface area contributed by atoms with Crippen LogP contribution in [-0.4, -0.2) is 50.1 Å². The Morgan fingerprint density at radius 3 is 2.64 bits per heavy atom. The number of anilines is 1. The lowest BCUT2D eigenvalue weighted by molar-refractivity contribution is -0.120. The van der Waals surface area contributed by atoms with Gasteiger partial charge in [0.25, 0.3) is 10.2 Å². The number of amides is 1. The molecule has 1 aromatic carbocycles. The summed E-state index contributed by atoms with van der Waals surface area (Å²) in [6.07, 6.45) is 1.40. The van der Waals surface area contributed by atoms with Crippen LogP contribution < -0.4 is 5.32 Å². The minimum atomic E-state index is -3.46. The molecule has 0 aliphatic carbocycles. The number of carbonyl (C=O) groups excluding carboxylic acids is 1. The molecule has 1 N–H and O–H groups in total. The molecule has 22 heavy (non-hydrogen) atoms. The summed E-state index contributed by atoms with van der Waals surface area (Å²) in [5.41, 5.74) is 1.77. The molecule has 1 saturated heterocycles. The molecule has 0 bridgehead atoms. The maximum atomic E-state index is 12.4. The number of para-hydroxylation sites is 1. The van der Waals surface area contributed by atoms with Gasteiger partial charge in [-0.2, -0.15) is 17.0 Å². The van der Waals surface area contributed by atoms with E-state index in [4.69, 9.17) is 0 Å². The molecule has 0 aromatic heterocycles. The fraction of sp³-hybridized carbons (Fsp3) is 0.533. The van der Waals surface area contributed by atoms with Gasteiger partial charge in [0.2, 0.25) is 5.91 Å². The molecule has 6 nitrogen and oxygen atoms in total. The summed E-state index contributed by atoms with van der Waals surface area (Å²) >= 11 is 0. The zero-order valence-corrected chi connectivity index (χ0v) is 14.1. The Labute approximate surface area is 132 Å². The highest BCUT2D eigenvalue weighted by atomic mass is 32.2. The fourth-order valence-electron chi connectivity index (χ4n) is 2.54. The third kappa shape index (κ3) is 3.66. The van der Waals surface area contributed by atoms with Crippen LogP contribution in [0.3, 0.4) is 0 Å². The zero-order chi connectivity index (χ0) is 16.3. The van der Waals surface area contributed by atoms with Crippen LogP contribution in [0.15, 0.2) is 24.3 Å². The lowest BCUT2D eigenvalue weighted by Crippen LogP contribution is -2.47. The molecule has 7 heteroatoms. The van der Waals surface area contributed by atoms with Crippen molar-refractivity contribution < 1.29 is 13.2 Å². The molecule has 0 saturated carbocycles. The second-order valence-electron chi connectivity index (χ2n) is 5.79. The minimum Gasteiger partial charge on any atom is -0.326 e. The van der Waals surface area contributed by atoms with E-state index in [1.54, 1.807) is 0 Å². The smallest absolute Gasteiger partial charge is 0.281 e. The first kappa shape index (κ1) is 16.9. The van der Waals surface area contributed by atoms with E-state index in [2.05, 4.69) is 5.32 Å². The molecule has 1 aromatic rings. The van der Waals surface area contributed by atoms with Gasteiger partial charge in [-0.15, -0.1) is 0 Å². The Morgan fingerprint density at radius 1 is 1.32 bits per heavy atom. The number of aryl methyl sites for hydroxylation is 1.